The molecule has 2 fully saturated rings. The SMILES string of the molecule is O=P1(O)OC[C@H]2O[C@@H](n3c(Sc4ccc(Cl)cc4)nc4c(Nc5ccccc5)ncnc43)C[C@@H]2O1. The second-order valence-electron chi connectivity index (χ2n) is 7.98. The zero-order chi connectivity index (χ0) is 24.0. The van der Waals surface area contributed by atoms with Crippen molar-refractivity contribution in [3.63, 3.8) is 0 Å². The average molecular weight is 532 g/mol. The van der Waals surface area contributed by atoms with Crippen molar-refractivity contribution in [1.29, 1.82) is 0 Å². The van der Waals surface area contributed by atoms with Crippen LogP contribution in [0.3, 0.4) is 0 Å². The number of nitrogens with zero attached hydrogens (tertiary/aromatic N) is 4. The quantitative estimate of drug-likeness (QED) is 0.333. The normalized spacial score (nSPS) is 26.1. The molecule has 4 atom stereocenters. The molecule has 0 amide bonds. The van der Waals surface area contributed by atoms with Crippen LogP contribution in [0.2, 0.25) is 5.02 Å². The standard InChI is InChI=1S/C22H19ClN5O5PS/c23-13-6-8-15(9-7-13)35-22-27-19-20(26-14-4-2-1-3-5-14)24-12-25-21(19)28(22)18-10-16-17(32-18)11-31-34(29,30)33-16/h1-9,12,16-18H,10-11H2,(H,29,30)(H,24,25,26)/t16-,17+,18+/m0/s1. The third-order valence-electron chi connectivity index (χ3n) is 5.64. The van der Waals surface area contributed by atoms with Gasteiger partial charge in [-0.25, -0.2) is 19.5 Å². The molecule has 0 aliphatic carbocycles. The summed E-state index contributed by atoms with van der Waals surface area (Å²) in [6.45, 7) is -0.0307. The number of rotatable bonds is 5. The van der Waals surface area contributed by atoms with Crippen LogP contribution >= 0.6 is 31.2 Å². The van der Waals surface area contributed by atoms with E-state index in [0.29, 0.717) is 33.6 Å². The van der Waals surface area contributed by atoms with Crippen molar-refractivity contribution >= 4 is 53.9 Å². The fourth-order valence-electron chi connectivity index (χ4n) is 4.07. The Bertz CT molecular complexity index is 1420. The minimum atomic E-state index is -4.08. The number of nitrogens with one attached hydrogen (secondary N) is 1. The van der Waals surface area contributed by atoms with Gasteiger partial charge in [-0.15, -0.1) is 0 Å². The topological polar surface area (TPSA) is 121 Å². The van der Waals surface area contributed by atoms with Crippen molar-refractivity contribution < 1.29 is 23.2 Å². The molecule has 2 N–H and O–H groups in total. The molecule has 13 heteroatoms. The van der Waals surface area contributed by atoms with Crippen LogP contribution in [-0.4, -0.2) is 43.2 Å². The number of phosphoric acid groups is 1. The average Bonchev–Trinajstić information content (AvgIpc) is 3.41. The van der Waals surface area contributed by atoms with Crippen LogP contribution in [0.25, 0.3) is 11.2 Å². The minimum absolute atomic E-state index is 0.0307. The first-order valence-electron chi connectivity index (χ1n) is 10.7. The Kier molecular flexibility index (Phi) is 6.01. The van der Waals surface area contributed by atoms with E-state index in [2.05, 4.69) is 15.3 Å². The zero-order valence-corrected chi connectivity index (χ0v) is 20.5. The Morgan fingerprint density at radius 2 is 1.91 bits per heavy atom. The summed E-state index contributed by atoms with van der Waals surface area (Å²) < 4.78 is 30.2. The van der Waals surface area contributed by atoms with Gasteiger partial charge in [0, 0.05) is 22.0 Å². The third kappa shape index (κ3) is 4.68. The monoisotopic (exact) mass is 531 g/mol. The number of para-hydroxylation sites is 1. The van der Waals surface area contributed by atoms with Crippen molar-refractivity contribution in [3.8, 4) is 0 Å². The van der Waals surface area contributed by atoms with Gasteiger partial charge in [-0.2, -0.15) is 0 Å². The Balaban J connectivity index is 1.42. The van der Waals surface area contributed by atoms with Crippen molar-refractivity contribution in [2.75, 3.05) is 11.9 Å². The molecule has 4 heterocycles. The van der Waals surface area contributed by atoms with Gasteiger partial charge in [0.25, 0.3) is 0 Å². The molecule has 0 bridgehead atoms. The predicted molar refractivity (Wildman–Crippen MR) is 130 cm³/mol. The third-order valence-corrected chi connectivity index (χ3v) is 7.89. The largest absolute Gasteiger partial charge is 0.472 e. The van der Waals surface area contributed by atoms with E-state index >= 15 is 0 Å². The van der Waals surface area contributed by atoms with E-state index in [1.165, 1.54) is 18.1 Å². The first-order chi connectivity index (χ1) is 16.9. The van der Waals surface area contributed by atoms with E-state index in [-0.39, 0.29) is 6.61 Å². The van der Waals surface area contributed by atoms with Gasteiger partial charge in [0.15, 0.2) is 22.1 Å². The lowest BCUT2D eigenvalue weighted by molar-refractivity contribution is -0.0679. The summed E-state index contributed by atoms with van der Waals surface area (Å²) in [6, 6.07) is 17.1. The molecule has 2 aromatic carbocycles. The second kappa shape index (κ2) is 9.18. The van der Waals surface area contributed by atoms with Crippen LogP contribution < -0.4 is 5.32 Å². The van der Waals surface area contributed by atoms with E-state index in [4.69, 9.17) is 30.4 Å². The fourth-order valence-corrected chi connectivity index (χ4v) is 6.08. The maximum atomic E-state index is 11.9. The number of hydrogen-bond donors (Lipinski definition) is 2. The highest BCUT2D eigenvalue weighted by Gasteiger charge is 2.47. The molecule has 35 heavy (non-hydrogen) atoms. The summed E-state index contributed by atoms with van der Waals surface area (Å²) in [5.74, 6) is 0.549. The van der Waals surface area contributed by atoms with Gasteiger partial charge in [-0.3, -0.25) is 13.6 Å². The van der Waals surface area contributed by atoms with Gasteiger partial charge < -0.3 is 14.9 Å². The highest BCUT2D eigenvalue weighted by atomic mass is 35.5. The number of phosphoric ester groups is 1. The lowest BCUT2D eigenvalue weighted by atomic mass is 10.2. The predicted octanol–water partition coefficient (Wildman–Crippen LogP) is 5.18. The van der Waals surface area contributed by atoms with Crippen molar-refractivity contribution in [3.05, 3.63) is 65.9 Å². The van der Waals surface area contributed by atoms with Gasteiger partial charge in [0.1, 0.15) is 24.8 Å². The van der Waals surface area contributed by atoms with E-state index in [9.17, 15) is 9.46 Å². The van der Waals surface area contributed by atoms with Gasteiger partial charge in [-0.05, 0) is 36.4 Å². The maximum Gasteiger partial charge on any atom is 0.472 e. The molecule has 2 aliphatic heterocycles. The first-order valence-corrected chi connectivity index (χ1v) is 13.4. The lowest BCUT2D eigenvalue weighted by Gasteiger charge is -2.26. The second-order valence-corrected chi connectivity index (χ2v) is 10.9. The molecule has 2 aliphatic rings. The van der Waals surface area contributed by atoms with Crippen LogP contribution in [-0.2, 0) is 18.3 Å². The number of fused-ring (bicyclic) bond motifs is 2. The molecule has 4 aromatic rings. The molecule has 0 saturated carbocycles. The summed E-state index contributed by atoms with van der Waals surface area (Å²) in [5.41, 5.74) is 1.99. The van der Waals surface area contributed by atoms with E-state index in [1.54, 1.807) is 0 Å². The maximum absolute atomic E-state index is 11.9. The molecule has 180 valence electrons. The van der Waals surface area contributed by atoms with E-state index < -0.39 is 26.3 Å². The summed E-state index contributed by atoms with van der Waals surface area (Å²) in [7, 11) is -4.08. The number of imidazole rings is 1. The molecular formula is C22H19ClN5O5PS. The van der Waals surface area contributed by atoms with Gasteiger partial charge in [0.2, 0.25) is 0 Å². The summed E-state index contributed by atoms with van der Waals surface area (Å²) >= 11 is 7.48. The number of anilines is 2. The Morgan fingerprint density at radius 1 is 1.11 bits per heavy atom. The van der Waals surface area contributed by atoms with Crippen LogP contribution in [0, 0.1) is 0 Å². The summed E-state index contributed by atoms with van der Waals surface area (Å²) in [6.07, 6.45) is 0.198. The molecule has 2 aromatic heterocycles. The number of halogens is 1. The molecule has 6 rings (SSSR count). The lowest BCUT2D eigenvalue weighted by Crippen LogP contribution is -2.32. The van der Waals surface area contributed by atoms with Crippen molar-refractivity contribution in [2.24, 2.45) is 0 Å². The zero-order valence-electron chi connectivity index (χ0n) is 18.0. The van der Waals surface area contributed by atoms with Crippen LogP contribution in [0.15, 0.2) is 71.0 Å². The van der Waals surface area contributed by atoms with Gasteiger partial charge >= 0.3 is 7.82 Å². The van der Waals surface area contributed by atoms with E-state index in [1.807, 2.05) is 59.2 Å². The number of ether oxygens (including phenoxy) is 1. The molecule has 10 nitrogen and oxygen atoms in total. The van der Waals surface area contributed by atoms with Crippen molar-refractivity contribution in [2.45, 2.75) is 34.9 Å². The highest BCUT2D eigenvalue weighted by molar-refractivity contribution is 7.99. The van der Waals surface area contributed by atoms with Crippen molar-refractivity contribution in [1.82, 2.24) is 19.5 Å². The minimum Gasteiger partial charge on any atom is -0.349 e. The molecule has 2 saturated heterocycles. The van der Waals surface area contributed by atoms with E-state index in [0.717, 1.165) is 10.6 Å². The highest BCUT2D eigenvalue weighted by Crippen LogP contribution is 2.53. The number of hydrogen-bond acceptors (Lipinski definition) is 9. The Labute approximate surface area is 209 Å². The molecular weight excluding hydrogens is 513 g/mol. The number of aromatic nitrogens is 4. The fraction of sp³-hybridized carbons (Fsp3) is 0.227. The van der Waals surface area contributed by atoms with Crippen LogP contribution in [0.1, 0.15) is 12.6 Å². The van der Waals surface area contributed by atoms with Crippen LogP contribution in [0.4, 0.5) is 11.5 Å². The Hall–Kier alpha value is -2.50. The van der Waals surface area contributed by atoms with Crippen LogP contribution in [0.5, 0.6) is 0 Å². The summed E-state index contributed by atoms with van der Waals surface area (Å²) in [5, 5.41) is 4.56. The number of benzene rings is 2. The molecule has 0 spiro atoms. The smallest absolute Gasteiger partial charge is 0.349 e. The summed E-state index contributed by atoms with van der Waals surface area (Å²) in [4.78, 5) is 24.5. The molecule has 0 radical (unpaired) electrons. The first kappa shape index (κ1) is 22.9. The van der Waals surface area contributed by atoms with Gasteiger partial charge in [0.05, 0.1) is 6.61 Å². The van der Waals surface area contributed by atoms with Gasteiger partial charge in [-0.1, -0.05) is 41.6 Å². The Morgan fingerprint density at radius 3 is 2.71 bits per heavy atom. The molecule has 1 unspecified atom stereocenters.